The normalized spacial score (nSPS) is 11.7. The van der Waals surface area contributed by atoms with Gasteiger partial charge in [-0.2, -0.15) is 0 Å². The third-order valence-electron chi connectivity index (χ3n) is 3.93. The Balaban J connectivity index is 1.98. The van der Waals surface area contributed by atoms with Crippen molar-refractivity contribution < 1.29 is 27.6 Å². The number of H-pyrrole nitrogens is 1. The van der Waals surface area contributed by atoms with E-state index in [0.717, 1.165) is 0 Å². The number of imidazole rings is 1. The Morgan fingerprint density at radius 2 is 1.68 bits per heavy atom. The molecule has 28 heavy (non-hydrogen) atoms. The second kappa shape index (κ2) is 8.28. The fourth-order valence-electron chi connectivity index (χ4n) is 2.61. The van der Waals surface area contributed by atoms with Gasteiger partial charge in [0.15, 0.2) is 0 Å². The van der Waals surface area contributed by atoms with E-state index in [0.29, 0.717) is 37.2 Å². The van der Waals surface area contributed by atoms with E-state index in [1.165, 1.54) is 28.4 Å². The van der Waals surface area contributed by atoms with Crippen molar-refractivity contribution in [3.63, 3.8) is 0 Å². The molecule has 0 spiro atoms. The Hall–Kier alpha value is -3.10. The summed E-state index contributed by atoms with van der Waals surface area (Å²) in [7, 11) is 5.79. The van der Waals surface area contributed by atoms with Gasteiger partial charge in [-0.15, -0.1) is 0 Å². The molecule has 10 heteroatoms. The van der Waals surface area contributed by atoms with E-state index in [2.05, 4.69) is 20.0 Å². The predicted molar refractivity (Wildman–Crippen MR) is 104 cm³/mol. The van der Waals surface area contributed by atoms with Crippen molar-refractivity contribution in [2.75, 3.05) is 33.8 Å². The molecule has 0 aliphatic carbocycles. The number of hydrogen-bond donors (Lipinski definition) is 2. The van der Waals surface area contributed by atoms with Crippen molar-refractivity contribution >= 4 is 45.8 Å². The summed E-state index contributed by atoms with van der Waals surface area (Å²) < 4.78 is 34.9. The van der Waals surface area contributed by atoms with Crippen LogP contribution in [0.4, 0.5) is 10.7 Å². The summed E-state index contributed by atoms with van der Waals surface area (Å²) in [6.07, 6.45) is -0.633. The quantitative estimate of drug-likeness (QED) is 0.543. The molecule has 0 fully saturated rings. The Kier molecular flexibility index (Phi) is 5.81. The number of carbonyl (C=O) groups is 1. The van der Waals surface area contributed by atoms with Crippen molar-refractivity contribution in [2.24, 2.45) is 0 Å². The number of fused-ring (bicyclic) bond motifs is 1. The van der Waals surface area contributed by atoms with E-state index < -0.39 is 19.9 Å². The molecule has 3 aromatic rings. The molecule has 1 amide bonds. The fourth-order valence-corrected chi connectivity index (χ4v) is 4.95. The summed E-state index contributed by atoms with van der Waals surface area (Å²) >= 11 is -2.63. The first-order valence-electron chi connectivity index (χ1n) is 8.07. The zero-order valence-electron chi connectivity index (χ0n) is 15.7. The first-order valence-corrected chi connectivity index (χ1v) is 10.5. The molecular formula is C18H19N3O6Se. The third kappa shape index (κ3) is 3.78. The van der Waals surface area contributed by atoms with Crippen LogP contribution in [-0.2, 0) is 8.57 Å². The van der Waals surface area contributed by atoms with Crippen LogP contribution in [0, 0.1) is 0 Å². The number of ether oxygens (including phenoxy) is 4. The average Bonchev–Trinajstić information content (AvgIpc) is 3.12. The number of nitrogens with zero attached hydrogens (tertiary/aromatic N) is 1. The Labute approximate surface area is 165 Å². The Morgan fingerprint density at radius 1 is 1.00 bits per heavy atom. The van der Waals surface area contributed by atoms with Gasteiger partial charge in [-0.1, -0.05) is 0 Å². The van der Waals surface area contributed by atoms with Gasteiger partial charge in [-0.3, -0.25) is 0 Å². The SMILES string of the molecule is COC(=O)Nc1nc2ccc([Se](=O)c3cc(OC)c(OC)c(OC)c3)cc2[nH]1. The number of anilines is 1. The summed E-state index contributed by atoms with van der Waals surface area (Å²) in [6, 6.07) is 8.58. The van der Waals surface area contributed by atoms with Gasteiger partial charge >= 0.3 is 165 Å². The van der Waals surface area contributed by atoms with Gasteiger partial charge in [0, 0.05) is 0 Å². The van der Waals surface area contributed by atoms with E-state index in [1.54, 1.807) is 30.3 Å². The monoisotopic (exact) mass is 453 g/mol. The molecule has 1 unspecified atom stereocenters. The molecule has 0 saturated heterocycles. The van der Waals surface area contributed by atoms with Crippen LogP contribution in [0.2, 0.25) is 0 Å². The van der Waals surface area contributed by atoms with Crippen LogP contribution in [0.3, 0.4) is 0 Å². The number of amides is 1. The van der Waals surface area contributed by atoms with Crippen LogP contribution in [0.15, 0.2) is 30.3 Å². The van der Waals surface area contributed by atoms with Crippen molar-refractivity contribution in [1.82, 2.24) is 9.97 Å². The van der Waals surface area contributed by atoms with Crippen LogP contribution in [0.1, 0.15) is 0 Å². The molecule has 1 heterocycles. The first kappa shape index (κ1) is 19.7. The number of hydrogen-bond acceptors (Lipinski definition) is 7. The minimum atomic E-state index is -2.63. The summed E-state index contributed by atoms with van der Waals surface area (Å²) in [6.45, 7) is 0. The molecule has 2 N–H and O–H groups in total. The molecule has 9 nitrogen and oxygen atoms in total. The van der Waals surface area contributed by atoms with Crippen LogP contribution >= 0.6 is 0 Å². The molecule has 2 aromatic carbocycles. The second-order valence-electron chi connectivity index (χ2n) is 5.51. The molecule has 0 aliphatic rings. The molecule has 0 radical (unpaired) electrons. The number of nitrogens with one attached hydrogen (secondary N) is 2. The summed E-state index contributed by atoms with van der Waals surface area (Å²) in [4.78, 5) is 18.5. The van der Waals surface area contributed by atoms with Crippen molar-refractivity contribution in [2.45, 2.75) is 0 Å². The Bertz CT molecular complexity index is 1020. The minimum absolute atomic E-state index is 0.245. The molecule has 1 aromatic heterocycles. The van der Waals surface area contributed by atoms with Crippen molar-refractivity contribution in [3.05, 3.63) is 30.3 Å². The standard InChI is InChI=1S/C18H19N3O6Se/c1-24-14-8-11(9-15(25-2)16(14)26-3)28(23)10-5-6-12-13(7-10)20-17(19-12)21-18(22)27-4/h5-9H,1-4H3,(H2,19,20,21,22). The maximum absolute atomic E-state index is 13.2. The van der Waals surface area contributed by atoms with Crippen LogP contribution in [-0.4, -0.2) is 58.3 Å². The predicted octanol–water partition coefficient (Wildman–Crippen LogP) is 1.30. The van der Waals surface area contributed by atoms with Crippen LogP contribution in [0.5, 0.6) is 17.2 Å². The first-order chi connectivity index (χ1) is 13.5. The number of rotatable bonds is 6. The van der Waals surface area contributed by atoms with Gasteiger partial charge in [0.1, 0.15) is 0 Å². The number of benzene rings is 2. The maximum atomic E-state index is 13.2. The zero-order valence-corrected chi connectivity index (χ0v) is 17.4. The zero-order chi connectivity index (χ0) is 20.3. The third-order valence-corrected chi connectivity index (χ3v) is 6.75. The second-order valence-corrected chi connectivity index (χ2v) is 8.62. The number of aromatic amines is 1. The van der Waals surface area contributed by atoms with Gasteiger partial charge in [0.2, 0.25) is 0 Å². The molecule has 0 bridgehead atoms. The van der Waals surface area contributed by atoms with Gasteiger partial charge < -0.3 is 0 Å². The van der Waals surface area contributed by atoms with E-state index in [-0.39, 0.29) is 5.95 Å². The molecule has 0 saturated carbocycles. The number of aromatic nitrogens is 2. The van der Waals surface area contributed by atoms with E-state index >= 15 is 0 Å². The molecule has 148 valence electrons. The van der Waals surface area contributed by atoms with Crippen molar-refractivity contribution in [3.8, 4) is 17.2 Å². The van der Waals surface area contributed by atoms with E-state index in [4.69, 9.17) is 14.2 Å². The number of carbonyl (C=O) groups excluding carboxylic acids is 1. The summed E-state index contributed by atoms with van der Waals surface area (Å²) in [5.74, 6) is 1.56. The summed E-state index contributed by atoms with van der Waals surface area (Å²) in [5.41, 5.74) is 1.26. The van der Waals surface area contributed by atoms with Crippen LogP contribution in [0.25, 0.3) is 11.0 Å². The molecule has 1 atom stereocenters. The van der Waals surface area contributed by atoms with E-state index in [1.807, 2.05) is 0 Å². The molecule has 0 aliphatic heterocycles. The van der Waals surface area contributed by atoms with Crippen LogP contribution < -0.4 is 28.5 Å². The van der Waals surface area contributed by atoms with Crippen molar-refractivity contribution in [1.29, 1.82) is 0 Å². The average molecular weight is 452 g/mol. The van der Waals surface area contributed by atoms with Gasteiger partial charge in [0.05, 0.1) is 0 Å². The van der Waals surface area contributed by atoms with Gasteiger partial charge in [-0.25, -0.2) is 0 Å². The summed E-state index contributed by atoms with van der Waals surface area (Å²) in [5, 5.41) is 2.46. The Morgan fingerprint density at radius 3 is 2.25 bits per heavy atom. The fraction of sp³-hybridized carbons (Fsp3) is 0.222. The van der Waals surface area contributed by atoms with Gasteiger partial charge in [0.25, 0.3) is 0 Å². The van der Waals surface area contributed by atoms with E-state index in [9.17, 15) is 8.63 Å². The number of methoxy groups -OCH3 is 4. The molecule has 3 rings (SSSR count). The van der Waals surface area contributed by atoms with Gasteiger partial charge in [-0.05, 0) is 0 Å². The topological polar surface area (TPSA) is 112 Å². The molecular weight excluding hydrogens is 433 g/mol.